The molecule has 0 aliphatic carbocycles. The molecule has 0 radical (unpaired) electrons. The topological polar surface area (TPSA) is 16.1 Å². The smallest absolute Gasteiger partial charge is 0.185 e. The van der Waals surface area contributed by atoms with Crippen molar-refractivity contribution in [1.82, 2.24) is 4.98 Å². The number of thiazole rings is 1. The summed E-state index contributed by atoms with van der Waals surface area (Å²) < 4.78 is 0. The number of fused-ring (bicyclic) bond motifs is 1. The molecule has 1 aliphatic rings. The van der Waals surface area contributed by atoms with Gasteiger partial charge >= 0.3 is 0 Å². The number of nitrogens with zero attached hydrogens (tertiary/aromatic N) is 2. The first-order valence-electron chi connectivity index (χ1n) is 4.65. The molecule has 0 unspecified atom stereocenters. The number of anilines is 1. The fraction of sp³-hybridized carbons (Fsp3) is 0.182. The van der Waals surface area contributed by atoms with E-state index in [9.17, 15) is 0 Å². The van der Waals surface area contributed by atoms with Crippen LogP contribution in [-0.2, 0) is 13.1 Å². The minimum absolute atomic E-state index is 1.00. The Kier molecular flexibility index (Phi) is 1.77. The number of hydrogen-bond donors (Lipinski definition) is 0. The molecule has 14 heavy (non-hydrogen) atoms. The van der Waals surface area contributed by atoms with E-state index in [2.05, 4.69) is 34.1 Å². The number of benzene rings is 1. The van der Waals surface area contributed by atoms with Gasteiger partial charge in [-0.3, -0.25) is 0 Å². The SMILES string of the molecule is c1ccc2c(c1)CN(c1nccs1)C2. The van der Waals surface area contributed by atoms with Crippen molar-refractivity contribution >= 4 is 16.5 Å². The summed E-state index contributed by atoms with van der Waals surface area (Å²) >= 11 is 1.71. The molecule has 2 heterocycles. The maximum absolute atomic E-state index is 4.33. The van der Waals surface area contributed by atoms with Crippen molar-refractivity contribution in [2.75, 3.05) is 4.90 Å². The van der Waals surface area contributed by atoms with Crippen molar-refractivity contribution < 1.29 is 0 Å². The lowest BCUT2D eigenvalue weighted by atomic mass is 10.1. The molecule has 1 aromatic carbocycles. The highest BCUT2D eigenvalue weighted by Gasteiger charge is 2.19. The molecule has 1 aliphatic heterocycles. The van der Waals surface area contributed by atoms with Gasteiger partial charge in [0.2, 0.25) is 0 Å². The molecule has 0 amide bonds. The van der Waals surface area contributed by atoms with Gasteiger partial charge in [-0.25, -0.2) is 4.98 Å². The van der Waals surface area contributed by atoms with Crippen LogP contribution in [0.2, 0.25) is 0 Å². The summed E-state index contributed by atoms with van der Waals surface area (Å²) in [5.41, 5.74) is 2.87. The molecule has 0 fully saturated rings. The van der Waals surface area contributed by atoms with Gasteiger partial charge in [-0.15, -0.1) is 11.3 Å². The van der Waals surface area contributed by atoms with E-state index in [1.807, 2.05) is 11.6 Å². The van der Waals surface area contributed by atoms with Gasteiger partial charge in [-0.1, -0.05) is 24.3 Å². The average Bonchev–Trinajstić information content (AvgIpc) is 2.86. The van der Waals surface area contributed by atoms with E-state index < -0.39 is 0 Å². The first-order valence-corrected chi connectivity index (χ1v) is 5.53. The molecule has 70 valence electrons. The van der Waals surface area contributed by atoms with Gasteiger partial charge in [0.05, 0.1) is 0 Å². The third-order valence-electron chi connectivity index (χ3n) is 2.53. The highest BCUT2D eigenvalue weighted by Crippen LogP contribution is 2.28. The number of aromatic nitrogens is 1. The van der Waals surface area contributed by atoms with Crippen molar-refractivity contribution in [2.45, 2.75) is 13.1 Å². The second kappa shape index (κ2) is 3.10. The van der Waals surface area contributed by atoms with Gasteiger partial charge in [0.25, 0.3) is 0 Å². The fourth-order valence-electron chi connectivity index (χ4n) is 1.84. The predicted molar refractivity (Wildman–Crippen MR) is 58.4 cm³/mol. The van der Waals surface area contributed by atoms with E-state index in [4.69, 9.17) is 0 Å². The van der Waals surface area contributed by atoms with Crippen LogP contribution in [0.3, 0.4) is 0 Å². The van der Waals surface area contributed by atoms with Crippen LogP contribution in [0.15, 0.2) is 35.8 Å². The molecule has 0 saturated carbocycles. The van der Waals surface area contributed by atoms with Crippen molar-refractivity contribution in [3.63, 3.8) is 0 Å². The molecular weight excluding hydrogens is 192 g/mol. The molecule has 0 bridgehead atoms. The minimum Gasteiger partial charge on any atom is -0.339 e. The summed E-state index contributed by atoms with van der Waals surface area (Å²) in [6.07, 6.45) is 1.86. The maximum Gasteiger partial charge on any atom is 0.185 e. The Morgan fingerprint density at radius 1 is 1.14 bits per heavy atom. The van der Waals surface area contributed by atoms with Gasteiger partial charge in [-0.05, 0) is 11.1 Å². The molecular formula is C11H10N2S. The van der Waals surface area contributed by atoms with Crippen LogP contribution in [0.5, 0.6) is 0 Å². The van der Waals surface area contributed by atoms with Crippen molar-refractivity contribution in [3.8, 4) is 0 Å². The second-order valence-electron chi connectivity index (χ2n) is 3.44. The lowest BCUT2D eigenvalue weighted by molar-refractivity contribution is 0.873. The van der Waals surface area contributed by atoms with E-state index in [1.165, 1.54) is 11.1 Å². The summed E-state index contributed by atoms with van der Waals surface area (Å²) in [7, 11) is 0. The van der Waals surface area contributed by atoms with Crippen LogP contribution in [0.1, 0.15) is 11.1 Å². The average molecular weight is 202 g/mol. The Morgan fingerprint density at radius 2 is 1.86 bits per heavy atom. The van der Waals surface area contributed by atoms with Crippen LogP contribution in [0.4, 0.5) is 5.13 Å². The summed E-state index contributed by atoms with van der Waals surface area (Å²) in [5.74, 6) is 0. The predicted octanol–water partition coefficient (Wildman–Crippen LogP) is 2.66. The third kappa shape index (κ3) is 1.21. The molecule has 1 aromatic heterocycles. The Balaban J connectivity index is 1.92. The first kappa shape index (κ1) is 8.00. The molecule has 3 rings (SSSR count). The van der Waals surface area contributed by atoms with E-state index >= 15 is 0 Å². The van der Waals surface area contributed by atoms with Crippen LogP contribution < -0.4 is 4.90 Å². The van der Waals surface area contributed by atoms with Crippen molar-refractivity contribution in [2.24, 2.45) is 0 Å². The third-order valence-corrected chi connectivity index (χ3v) is 3.36. The second-order valence-corrected chi connectivity index (χ2v) is 4.31. The molecule has 2 aromatic rings. The van der Waals surface area contributed by atoms with Gasteiger partial charge < -0.3 is 4.90 Å². The highest BCUT2D eigenvalue weighted by atomic mass is 32.1. The van der Waals surface area contributed by atoms with E-state index in [0.29, 0.717) is 0 Å². The Bertz CT molecular complexity index is 411. The normalized spacial score (nSPS) is 14.4. The largest absolute Gasteiger partial charge is 0.339 e. The summed E-state index contributed by atoms with van der Waals surface area (Å²) in [6.45, 7) is 2.01. The molecule has 0 N–H and O–H groups in total. The summed E-state index contributed by atoms with van der Waals surface area (Å²) in [6, 6.07) is 8.60. The molecule has 0 spiro atoms. The molecule has 3 heteroatoms. The Labute approximate surface area is 86.8 Å². The minimum atomic E-state index is 1.00. The van der Waals surface area contributed by atoms with Crippen LogP contribution >= 0.6 is 11.3 Å². The Morgan fingerprint density at radius 3 is 2.43 bits per heavy atom. The summed E-state index contributed by atoms with van der Waals surface area (Å²) in [4.78, 5) is 6.64. The molecule has 2 nitrogen and oxygen atoms in total. The van der Waals surface area contributed by atoms with E-state index in [1.54, 1.807) is 11.3 Å². The maximum atomic E-state index is 4.33. The number of hydrogen-bond acceptors (Lipinski definition) is 3. The lowest BCUT2D eigenvalue weighted by Gasteiger charge is -2.12. The van der Waals surface area contributed by atoms with Crippen LogP contribution in [-0.4, -0.2) is 4.98 Å². The van der Waals surface area contributed by atoms with Crippen molar-refractivity contribution in [3.05, 3.63) is 47.0 Å². The quantitative estimate of drug-likeness (QED) is 0.706. The Hall–Kier alpha value is -1.35. The monoisotopic (exact) mass is 202 g/mol. The van der Waals surface area contributed by atoms with E-state index in [0.717, 1.165) is 18.2 Å². The van der Waals surface area contributed by atoms with E-state index in [-0.39, 0.29) is 0 Å². The van der Waals surface area contributed by atoms with Crippen LogP contribution in [0.25, 0.3) is 0 Å². The van der Waals surface area contributed by atoms with Gasteiger partial charge in [0, 0.05) is 24.7 Å². The molecule has 0 atom stereocenters. The van der Waals surface area contributed by atoms with Gasteiger partial charge in [0.15, 0.2) is 5.13 Å². The van der Waals surface area contributed by atoms with Crippen molar-refractivity contribution in [1.29, 1.82) is 0 Å². The van der Waals surface area contributed by atoms with Gasteiger partial charge in [0.1, 0.15) is 0 Å². The zero-order valence-electron chi connectivity index (χ0n) is 7.68. The van der Waals surface area contributed by atoms with Crippen LogP contribution in [0, 0.1) is 0 Å². The standard InChI is InChI=1S/C11H10N2S/c1-2-4-10-8-13(7-9(10)3-1)11-12-5-6-14-11/h1-6H,7-8H2. The zero-order chi connectivity index (χ0) is 9.38. The molecule has 0 saturated heterocycles. The van der Waals surface area contributed by atoms with Gasteiger partial charge in [-0.2, -0.15) is 0 Å². The number of rotatable bonds is 1. The first-order chi connectivity index (χ1) is 6.93. The highest BCUT2D eigenvalue weighted by molar-refractivity contribution is 7.13. The lowest BCUT2D eigenvalue weighted by Crippen LogP contribution is -2.13. The fourth-order valence-corrected chi connectivity index (χ4v) is 2.48. The summed E-state index contributed by atoms with van der Waals surface area (Å²) in [5, 5.41) is 3.15. The zero-order valence-corrected chi connectivity index (χ0v) is 8.50.